The topological polar surface area (TPSA) is 33.1 Å². The fourth-order valence-corrected chi connectivity index (χ4v) is 2.24. The molecule has 0 radical (unpaired) electrons. The van der Waals surface area contributed by atoms with Gasteiger partial charge in [0.25, 0.3) is 0 Å². The molecule has 0 unspecified atom stereocenters. The zero-order valence-electron chi connectivity index (χ0n) is 7.92. The summed E-state index contributed by atoms with van der Waals surface area (Å²) in [5.41, 5.74) is 0. The maximum Gasteiger partial charge on any atom is 0.190 e. The Kier molecular flexibility index (Phi) is 5.04. The van der Waals surface area contributed by atoms with Crippen molar-refractivity contribution in [2.45, 2.75) is 11.8 Å². The largest absolute Gasteiger partial charge is 0.481 e. The van der Waals surface area contributed by atoms with Crippen molar-refractivity contribution in [2.75, 3.05) is 12.4 Å². The van der Waals surface area contributed by atoms with Crippen molar-refractivity contribution in [3.63, 3.8) is 0 Å². The SMILES string of the molecule is CCOC(=N)CSc1cccc(Br)c1. The average Bonchev–Trinajstić information content (AvgIpc) is 2.15. The summed E-state index contributed by atoms with van der Waals surface area (Å²) in [7, 11) is 0. The number of thioether (sulfide) groups is 1. The second-order valence-electron chi connectivity index (χ2n) is 2.60. The Balaban J connectivity index is 2.41. The molecule has 14 heavy (non-hydrogen) atoms. The van der Waals surface area contributed by atoms with Crippen LogP contribution in [0.5, 0.6) is 0 Å². The van der Waals surface area contributed by atoms with Crippen LogP contribution >= 0.6 is 27.7 Å². The smallest absolute Gasteiger partial charge is 0.190 e. The molecule has 4 heteroatoms. The Bertz CT molecular complexity index is 317. The second-order valence-corrected chi connectivity index (χ2v) is 4.57. The van der Waals surface area contributed by atoms with Crippen LogP contribution in [0.4, 0.5) is 0 Å². The molecule has 0 fully saturated rings. The summed E-state index contributed by atoms with van der Waals surface area (Å²) < 4.78 is 6.11. The van der Waals surface area contributed by atoms with Crippen LogP contribution in [0.2, 0.25) is 0 Å². The molecule has 0 spiro atoms. The minimum Gasteiger partial charge on any atom is -0.481 e. The van der Waals surface area contributed by atoms with Gasteiger partial charge in [0.05, 0.1) is 12.4 Å². The molecule has 1 aromatic rings. The molecule has 0 amide bonds. The molecule has 76 valence electrons. The predicted octanol–water partition coefficient (Wildman–Crippen LogP) is 3.55. The summed E-state index contributed by atoms with van der Waals surface area (Å²) in [5.74, 6) is 0.919. The van der Waals surface area contributed by atoms with Gasteiger partial charge in [-0.25, -0.2) is 0 Å². The summed E-state index contributed by atoms with van der Waals surface area (Å²) in [6.45, 7) is 2.45. The van der Waals surface area contributed by atoms with E-state index in [1.807, 2.05) is 31.2 Å². The first-order valence-corrected chi connectivity index (χ1v) is 6.09. The van der Waals surface area contributed by atoms with Gasteiger partial charge in [-0.05, 0) is 25.1 Å². The van der Waals surface area contributed by atoms with Crippen molar-refractivity contribution in [3.05, 3.63) is 28.7 Å². The third-order valence-corrected chi connectivity index (χ3v) is 2.97. The van der Waals surface area contributed by atoms with Crippen LogP contribution in [0.15, 0.2) is 33.6 Å². The molecule has 0 bridgehead atoms. The van der Waals surface area contributed by atoms with Gasteiger partial charge in [0.2, 0.25) is 0 Å². The van der Waals surface area contributed by atoms with E-state index in [4.69, 9.17) is 10.1 Å². The maximum absolute atomic E-state index is 7.44. The van der Waals surface area contributed by atoms with Crippen molar-refractivity contribution >= 4 is 33.6 Å². The van der Waals surface area contributed by atoms with Gasteiger partial charge in [-0.3, -0.25) is 5.41 Å². The third kappa shape index (κ3) is 4.15. The van der Waals surface area contributed by atoms with E-state index in [9.17, 15) is 0 Å². The van der Waals surface area contributed by atoms with E-state index >= 15 is 0 Å². The van der Waals surface area contributed by atoms with Crippen molar-refractivity contribution in [3.8, 4) is 0 Å². The van der Waals surface area contributed by atoms with E-state index < -0.39 is 0 Å². The van der Waals surface area contributed by atoms with Crippen LogP contribution in [0.25, 0.3) is 0 Å². The lowest BCUT2D eigenvalue weighted by Gasteiger charge is -2.04. The number of hydrogen-bond donors (Lipinski definition) is 1. The van der Waals surface area contributed by atoms with Crippen molar-refractivity contribution in [1.82, 2.24) is 0 Å². The normalized spacial score (nSPS) is 9.86. The number of halogens is 1. The molecule has 0 atom stereocenters. The lowest BCUT2D eigenvalue weighted by atomic mass is 10.4. The number of rotatable bonds is 4. The number of hydrogen-bond acceptors (Lipinski definition) is 3. The van der Waals surface area contributed by atoms with Gasteiger partial charge in [-0.2, -0.15) is 0 Å². The van der Waals surface area contributed by atoms with Crippen LogP contribution in [-0.4, -0.2) is 18.3 Å². The van der Waals surface area contributed by atoms with Crippen LogP contribution in [0, 0.1) is 5.41 Å². The highest BCUT2D eigenvalue weighted by Crippen LogP contribution is 2.21. The van der Waals surface area contributed by atoms with E-state index in [1.165, 1.54) is 0 Å². The van der Waals surface area contributed by atoms with Gasteiger partial charge in [0.15, 0.2) is 5.90 Å². The van der Waals surface area contributed by atoms with Crippen molar-refractivity contribution in [2.24, 2.45) is 0 Å². The highest BCUT2D eigenvalue weighted by molar-refractivity contribution is 9.10. The van der Waals surface area contributed by atoms with Crippen molar-refractivity contribution in [1.29, 1.82) is 5.41 Å². The van der Waals surface area contributed by atoms with Crippen LogP contribution in [0.1, 0.15) is 6.92 Å². The van der Waals surface area contributed by atoms with Crippen LogP contribution in [0.3, 0.4) is 0 Å². The third-order valence-electron chi connectivity index (χ3n) is 1.48. The molecule has 0 saturated carbocycles. The Morgan fingerprint density at radius 1 is 1.57 bits per heavy atom. The first kappa shape index (κ1) is 11.6. The standard InChI is InChI=1S/C10H12BrNOS/c1-2-13-10(12)7-14-9-5-3-4-8(11)6-9/h3-6,12H,2,7H2,1H3. The van der Waals surface area contributed by atoms with E-state index in [-0.39, 0.29) is 0 Å². The lowest BCUT2D eigenvalue weighted by molar-refractivity contribution is 0.322. The molecule has 0 aliphatic rings. The molecule has 0 aliphatic heterocycles. The number of nitrogens with one attached hydrogen (secondary N) is 1. The van der Waals surface area contributed by atoms with Gasteiger partial charge in [-0.1, -0.05) is 22.0 Å². The number of ether oxygens (including phenoxy) is 1. The molecular formula is C10H12BrNOS. The van der Waals surface area contributed by atoms with E-state index in [0.717, 1.165) is 9.37 Å². The summed E-state index contributed by atoms with van der Waals surface area (Å²) in [5, 5.41) is 7.44. The molecule has 1 rings (SSSR count). The second kappa shape index (κ2) is 6.09. The quantitative estimate of drug-likeness (QED) is 0.517. The summed E-state index contributed by atoms with van der Waals surface area (Å²) in [6, 6.07) is 8.02. The van der Waals surface area contributed by atoms with Crippen LogP contribution < -0.4 is 0 Å². The Labute approximate surface area is 96.7 Å². The Morgan fingerprint density at radius 2 is 2.36 bits per heavy atom. The Morgan fingerprint density at radius 3 is 3.00 bits per heavy atom. The average molecular weight is 274 g/mol. The monoisotopic (exact) mass is 273 g/mol. The molecule has 0 heterocycles. The zero-order valence-corrected chi connectivity index (χ0v) is 10.3. The summed E-state index contributed by atoms with van der Waals surface area (Å²) in [6.07, 6.45) is 0. The molecule has 0 aromatic heterocycles. The van der Waals surface area contributed by atoms with E-state index in [2.05, 4.69) is 15.9 Å². The highest BCUT2D eigenvalue weighted by Gasteiger charge is 1.99. The minimum absolute atomic E-state index is 0.331. The lowest BCUT2D eigenvalue weighted by Crippen LogP contribution is -2.05. The zero-order chi connectivity index (χ0) is 10.4. The first-order valence-electron chi connectivity index (χ1n) is 4.31. The highest BCUT2D eigenvalue weighted by atomic mass is 79.9. The van der Waals surface area contributed by atoms with Crippen LogP contribution in [-0.2, 0) is 4.74 Å². The summed E-state index contributed by atoms with van der Waals surface area (Å²) >= 11 is 5.00. The molecular weight excluding hydrogens is 262 g/mol. The van der Waals surface area contributed by atoms with Gasteiger partial charge in [0.1, 0.15) is 0 Å². The van der Waals surface area contributed by atoms with E-state index in [1.54, 1.807) is 11.8 Å². The molecule has 0 aliphatic carbocycles. The predicted molar refractivity (Wildman–Crippen MR) is 64.2 cm³/mol. The summed E-state index contributed by atoms with van der Waals surface area (Å²) in [4.78, 5) is 1.14. The minimum atomic E-state index is 0.331. The fourth-order valence-electron chi connectivity index (χ4n) is 0.922. The van der Waals surface area contributed by atoms with Gasteiger partial charge in [0, 0.05) is 9.37 Å². The van der Waals surface area contributed by atoms with Gasteiger partial charge in [-0.15, -0.1) is 11.8 Å². The number of benzene rings is 1. The molecule has 0 saturated heterocycles. The van der Waals surface area contributed by atoms with Gasteiger partial charge >= 0.3 is 0 Å². The molecule has 1 N–H and O–H groups in total. The van der Waals surface area contributed by atoms with E-state index in [0.29, 0.717) is 18.3 Å². The Hall–Kier alpha value is -0.480. The van der Waals surface area contributed by atoms with Gasteiger partial charge < -0.3 is 4.74 Å². The van der Waals surface area contributed by atoms with Crippen molar-refractivity contribution < 1.29 is 4.74 Å². The maximum atomic E-state index is 7.44. The molecule has 1 aromatic carbocycles. The molecule has 2 nitrogen and oxygen atoms in total. The fraction of sp³-hybridized carbons (Fsp3) is 0.300. The first-order chi connectivity index (χ1) is 6.72.